The first-order valence-electron chi connectivity index (χ1n) is 6.44. The van der Waals surface area contributed by atoms with Crippen molar-refractivity contribution < 1.29 is 14.3 Å². The van der Waals surface area contributed by atoms with Crippen molar-refractivity contribution in [1.29, 1.82) is 0 Å². The predicted octanol–water partition coefficient (Wildman–Crippen LogP) is 4.77. The summed E-state index contributed by atoms with van der Waals surface area (Å²) in [4.78, 5) is 15.4. The van der Waals surface area contributed by atoms with Crippen LogP contribution in [0.25, 0.3) is 0 Å². The molecule has 0 unspecified atom stereocenters. The fraction of sp³-hybridized carbons (Fsp3) is 0.286. The summed E-state index contributed by atoms with van der Waals surface area (Å²) >= 11 is 12.9. The Labute approximate surface area is 142 Å². The number of benzene rings is 1. The molecule has 22 heavy (non-hydrogen) atoms. The van der Waals surface area contributed by atoms with Gasteiger partial charge in [-0.2, -0.15) is 0 Å². The molecule has 0 fully saturated rings. The van der Waals surface area contributed by atoms with Gasteiger partial charge < -0.3 is 9.47 Å². The summed E-state index contributed by atoms with van der Waals surface area (Å²) in [5, 5.41) is 3.65. The number of nitrogens with zero attached hydrogens (tertiary/aromatic N) is 1. The molecule has 1 aromatic carbocycles. The standard InChI is InChI=1S/C14H14Cl2N2O3S/c1-3-8-6-9(4-5-10(8)17-14(19)20-2)21-7-11-18-12(15)13(16)22-11/h4-6H,3,7H2,1-2H3,(H,17,19). The van der Waals surface area contributed by atoms with Gasteiger partial charge in [-0.15, -0.1) is 11.3 Å². The number of ether oxygens (including phenoxy) is 2. The molecule has 1 aromatic heterocycles. The van der Waals surface area contributed by atoms with Crippen LogP contribution in [-0.4, -0.2) is 18.2 Å². The van der Waals surface area contributed by atoms with E-state index in [9.17, 15) is 4.79 Å². The lowest BCUT2D eigenvalue weighted by Gasteiger charge is -2.11. The van der Waals surface area contributed by atoms with Crippen LogP contribution in [0.4, 0.5) is 10.5 Å². The molecule has 1 amide bonds. The summed E-state index contributed by atoms with van der Waals surface area (Å²) in [7, 11) is 1.32. The SMILES string of the molecule is CCc1cc(OCc2nc(Cl)c(Cl)s2)ccc1NC(=O)OC. The van der Waals surface area contributed by atoms with E-state index in [0.717, 1.165) is 12.0 Å². The van der Waals surface area contributed by atoms with Crippen molar-refractivity contribution in [2.24, 2.45) is 0 Å². The summed E-state index contributed by atoms with van der Waals surface area (Å²) in [6.07, 6.45) is 0.237. The van der Waals surface area contributed by atoms with Crippen LogP contribution in [0.2, 0.25) is 9.49 Å². The van der Waals surface area contributed by atoms with Crippen molar-refractivity contribution >= 4 is 46.3 Å². The van der Waals surface area contributed by atoms with Crippen LogP contribution in [0.1, 0.15) is 17.5 Å². The number of hydrogen-bond donors (Lipinski definition) is 1. The molecule has 8 heteroatoms. The molecule has 2 rings (SSSR count). The third kappa shape index (κ3) is 4.25. The molecule has 0 bridgehead atoms. The maximum Gasteiger partial charge on any atom is 0.411 e. The lowest BCUT2D eigenvalue weighted by Crippen LogP contribution is -2.12. The summed E-state index contributed by atoms with van der Waals surface area (Å²) in [5.41, 5.74) is 1.64. The van der Waals surface area contributed by atoms with Gasteiger partial charge in [0.1, 0.15) is 21.7 Å². The molecule has 118 valence electrons. The molecule has 0 aliphatic rings. The van der Waals surface area contributed by atoms with Crippen molar-refractivity contribution in [2.75, 3.05) is 12.4 Å². The summed E-state index contributed by atoms with van der Waals surface area (Å²) in [5.74, 6) is 0.676. The maximum absolute atomic E-state index is 11.3. The number of aromatic nitrogens is 1. The molecule has 0 radical (unpaired) electrons. The second-order valence-electron chi connectivity index (χ2n) is 4.25. The monoisotopic (exact) mass is 360 g/mol. The van der Waals surface area contributed by atoms with E-state index in [0.29, 0.717) is 20.8 Å². The van der Waals surface area contributed by atoms with Crippen molar-refractivity contribution in [3.63, 3.8) is 0 Å². The summed E-state index contributed by atoms with van der Waals surface area (Å²) < 4.78 is 10.7. The van der Waals surface area contributed by atoms with Crippen LogP contribution in [-0.2, 0) is 17.8 Å². The highest BCUT2D eigenvalue weighted by Crippen LogP contribution is 2.29. The van der Waals surface area contributed by atoms with Gasteiger partial charge in [-0.05, 0) is 30.2 Å². The molecule has 1 heterocycles. The highest BCUT2D eigenvalue weighted by Gasteiger charge is 2.10. The average Bonchev–Trinajstić information content (AvgIpc) is 2.84. The molecule has 0 aliphatic heterocycles. The number of anilines is 1. The number of methoxy groups -OCH3 is 1. The Kier molecular flexibility index (Phi) is 5.88. The van der Waals surface area contributed by atoms with Crippen LogP contribution in [0.15, 0.2) is 18.2 Å². The van der Waals surface area contributed by atoms with Crippen LogP contribution >= 0.6 is 34.5 Å². The van der Waals surface area contributed by atoms with Gasteiger partial charge >= 0.3 is 6.09 Å². The van der Waals surface area contributed by atoms with E-state index in [4.69, 9.17) is 27.9 Å². The topological polar surface area (TPSA) is 60.5 Å². The quantitative estimate of drug-likeness (QED) is 0.833. The first-order chi connectivity index (χ1) is 10.5. The average molecular weight is 361 g/mol. The van der Waals surface area contributed by atoms with E-state index < -0.39 is 6.09 Å². The van der Waals surface area contributed by atoms with E-state index in [2.05, 4.69) is 15.0 Å². The molecule has 1 N–H and O–H groups in total. The fourth-order valence-corrected chi connectivity index (χ4v) is 2.93. The minimum absolute atomic E-state index is 0.282. The Balaban J connectivity index is 2.07. The largest absolute Gasteiger partial charge is 0.486 e. The van der Waals surface area contributed by atoms with E-state index in [1.807, 2.05) is 13.0 Å². The van der Waals surface area contributed by atoms with Crippen LogP contribution in [0.3, 0.4) is 0 Å². The lowest BCUT2D eigenvalue weighted by molar-refractivity contribution is 0.187. The van der Waals surface area contributed by atoms with Crippen molar-refractivity contribution in [3.05, 3.63) is 38.3 Å². The first kappa shape index (κ1) is 16.9. The van der Waals surface area contributed by atoms with Crippen LogP contribution in [0, 0.1) is 0 Å². The predicted molar refractivity (Wildman–Crippen MR) is 88.3 cm³/mol. The zero-order valence-electron chi connectivity index (χ0n) is 12.0. The third-order valence-electron chi connectivity index (χ3n) is 2.83. The van der Waals surface area contributed by atoms with Crippen LogP contribution < -0.4 is 10.1 Å². The van der Waals surface area contributed by atoms with Crippen molar-refractivity contribution in [2.45, 2.75) is 20.0 Å². The molecular formula is C14H14Cl2N2O3S. The maximum atomic E-state index is 11.3. The van der Waals surface area contributed by atoms with E-state index in [1.54, 1.807) is 12.1 Å². The Morgan fingerprint density at radius 2 is 2.18 bits per heavy atom. The van der Waals surface area contributed by atoms with E-state index >= 15 is 0 Å². The molecule has 0 saturated carbocycles. The minimum Gasteiger partial charge on any atom is -0.486 e. The summed E-state index contributed by atoms with van der Waals surface area (Å²) in [6.45, 7) is 2.27. The Hall–Kier alpha value is -1.50. The number of hydrogen-bond acceptors (Lipinski definition) is 5. The fourth-order valence-electron chi connectivity index (χ4n) is 1.76. The summed E-state index contributed by atoms with van der Waals surface area (Å²) in [6, 6.07) is 5.40. The number of rotatable bonds is 5. The molecular weight excluding hydrogens is 347 g/mol. The number of amides is 1. The Morgan fingerprint density at radius 1 is 1.41 bits per heavy atom. The minimum atomic E-state index is -0.504. The lowest BCUT2D eigenvalue weighted by atomic mass is 10.1. The molecule has 0 saturated heterocycles. The zero-order valence-corrected chi connectivity index (χ0v) is 14.3. The molecule has 0 spiro atoms. The second kappa shape index (κ2) is 7.67. The number of aryl methyl sites for hydroxylation is 1. The number of carbonyl (C=O) groups excluding carboxylic acids is 1. The third-order valence-corrected chi connectivity index (χ3v) is 4.54. The normalized spacial score (nSPS) is 10.4. The van der Waals surface area contributed by atoms with Gasteiger partial charge in [0.15, 0.2) is 5.15 Å². The Morgan fingerprint density at radius 3 is 2.77 bits per heavy atom. The van der Waals surface area contributed by atoms with Gasteiger partial charge in [0.25, 0.3) is 0 Å². The van der Waals surface area contributed by atoms with Gasteiger partial charge in [-0.3, -0.25) is 5.32 Å². The Bertz CT molecular complexity index is 657. The second-order valence-corrected chi connectivity index (χ2v) is 6.29. The van der Waals surface area contributed by atoms with Crippen LogP contribution in [0.5, 0.6) is 5.75 Å². The van der Waals surface area contributed by atoms with Gasteiger partial charge in [0, 0.05) is 5.69 Å². The molecule has 5 nitrogen and oxygen atoms in total. The van der Waals surface area contributed by atoms with Gasteiger partial charge in [0.05, 0.1) is 7.11 Å². The highest BCUT2D eigenvalue weighted by atomic mass is 35.5. The van der Waals surface area contributed by atoms with Gasteiger partial charge in [0.2, 0.25) is 0 Å². The molecule has 0 aliphatic carbocycles. The van der Waals surface area contributed by atoms with Gasteiger partial charge in [-0.25, -0.2) is 9.78 Å². The van der Waals surface area contributed by atoms with Crippen molar-refractivity contribution in [1.82, 2.24) is 4.98 Å². The zero-order chi connectivity index (χ0) is 16.1. The number of thiazole rings is 1. The number of carbonyl (C=O) groups is 1. The van der Waals surface area contributed by atoms with Crippen molar-refractivity contribution in [3.8, 4) is 5.75 Å². The number of halogens is 2. The van der Waals surface area contributed by atoms with E-state index in [1.165, 1.54) is 18.4 Å². The molecule has 2 aromatic rings. The highest BCUT2D eigenvalue weighted by molar-refractivity contribution is 7.16. The van der Waals surface area contributed by atoms with E-state index in [-0.39, 0.29) is 11.8 Å². The molecule has 0 atom stereocenters. The smallest absolute Gasteiger partial charge is 0.411 e. The first-order valence-corrected chi connectivity index (χ1v) is 8.02. The number of nitrogens with one attached hydrogen (secondary N) is 1. The van der Waals surface area contributed by atoms with Gasteiger partial charge in [-0.1, -0.05) is 30.1 Å².